The van der Waals surface area contributed by atoms with Crippen molar-refractivity contribution in [3.8, 4) is 0 Å². The van der Waals surface area contributed by atoms with Crippen molar-refractivity contribution >= 4 is 17.3 Å². The lowest BCUT2D eigenvalue weighted by Gasteiger charge is -2.34. The molecule has 0 aliphatic heterocycles. The molecular weight excluding hydrogens is 266 g/mol. The van der Waals surface area contributed by atoms with E-state index in [0.717, 1.165) is 18.5 Å². The van der Waals surface area contributed by atoms with Crippen LogP contribution in [0, 0.1) is 0 Å². The van der Waals surface area contributed by atoms with Crippen molar-refractivity contribution in [2.45, 2.75) is 32.7 Å². The minimum atomic E-state index is -0.0566. The highest BCUT2D eigenvalue weighted by Crippen LogP contribution is 2.28. The molecule has 118 valence electrons. The summed E-state index contributed by atoms with van der Waals surface area (Å²) in [5.41, 5.74) is 7.95. The summed E-state index contributed by atoms with van der Waals surface area (Å²) in [6, 6.07) is 5.60. The van der Waals surface area contributed by atoms with Gasteiger partial charge in [-0.1, -0.05) is 13.8 Å². The molecule has 0 aliphatic carbocycles. The molecule has 0 spiro atoms. The molecule has 5 heteroatoms. The number of anilines is 2. The third-order valence-corrected chi connectivity index (χ3v) is 3.69. The van der Waals surface area contributed by atoms with Crippen LogP contribution in [0.4, 0.5) is 11.4 Å². The lowest BCUT2D eigenvalue weighted by atomic mass is 10.0. The van der Waals surface area contributed by atoms with Gasteiger partial charge < -0.3 is 20.6 Å². The number of aliphatic hydroxyl groups excluding tert-OH is 1. The first-order valence-corrected chi connectivity index (χ1v) is 7.44. The monoisotopic (exact) mass is 293 g/mol. The molecule has 0 aliphatic rings. The van der Waals surface area contributed by atoms with Gasteiger partial charge in [-0.3, -0.25) is 4.79 Å². The fourth-order valence-corrected chi connectivity index (χ4v) is 2.54. The minimum absolute atomic E-state index is 0.0426. The first-order chi connectivity index (χ1) is 9.96. The SMILES string of the molecule is CCC(CC)N(CCO)c1cc(N)ccc1C(=O)N(C)C. The van der Waals surface area contributed by atoms with Crippen LogP contribution >= 0.6 is 0 Å². The summed E-state index contributed by atoms with van der Waals surface area (Å²) in [5, 5.41) is 9.38. The third-order valence-electron chi connectivity index (χ3n) is 3.69. The van der Waals surface area contributed by atoms with Crippen LogP contribution in [0.2, 0.25) is 0 Å². The van der Waals surface area contributed by atoms with Crippen LogP contribution in [0.5, 0.6) is 0 Å². The molecule has 0 aromatic heterocycles. The maximum Gasteiger partial charge on any atom is 0.255 e. The number of rotatable bonds is 7. The van der Waals surface area contributed by atoms with Gasteiger partial charge in [0.05, 0.1) is 17.9 Å². The summed E-state index contributed by atoms with van der Waals surface area (Å²) in [4.78, 5) is 16.0. The van der Waals surface area contributed by atoms with Crippen molar-refractivity contribution in [1.29, 1.82) is 0 Å². The van der Waals surface area contributed by atoms with Crippen molar-refractivity contribution in [3.05, 3.63) is 23.8 Å². The largest absolute Gasteiger partial charge is 0.399 e. The van der Waals surface area contributed by atoms with Crippen molar-refractivity contribution in [1.82, 2.24) is 4.90 Å². The number of carbonyl (C=O) groups is 1. The number of nitrogens with zero attached hydrogens (tertiary/aromatic N) is 2. The van der Waals surface area contributed by atoms with Crippen LogP contribution in [0.15, 0.2) is 18.2 Å². The lowest BCUT2D eigenvalue weighted by Crippen LogP contribution is -2.38. The molecule has 0 bridgehead atoms. The van der Waals surface area contributed by atoms with Crippen LogP contribution in [-0.4, -0.2) is 49.2 Å². The highest BCUT2D eigenvalue weighted by Gasteiger charge is 2.22. The first-order valence-electron chi connectivity index (χ1n) is 7.44. The normalized spacial score (nSPS) is 10.8. The summed E-state index contributed by atoms with van der Waals surface area (Å²) in [6.07, 6.45) is 1.89. The van der Waals surface area contributed by atoms with Gasteiger partial charge in [0.25, 0.3) is 5.91 Å². The Morgan fingerprint density at radius 2 is 1.90 bits per heavy atom. The van der Waals surface area contributed by atoms with Gasteiger partial charge in [-0.2, -0.15) is 0 Å². The second-order valence-electron chi connectivity index (χ2n) is 5.36. The summed E-state index contributed by atoms with van der Waals surface area (Å²) in [5.74, 6) is -0.0566. The molecule has 0 saturated carbocycles. The zero-order valence-corrected chi connectivity index (χ0v) is 13.5. The van der Waals surface area contributed by atoms with Crippen LogP contribution in [0.1, 0.15) is 37.0 Å². The van der Waals surface area contributed by atoms with Gasteiger partial charge in [0.2, 0.25) is 0 Å². The molecule has 3 N–H and O–H groups in total. The molecule has 1 aromatic rings. The van der Waals surface area contributed by atoms with Gasteiger partial charge >= 0.3 is 0 Å². The average molecular weight is 293 g/mol. The minimum Gasteiger partial charge on any atom is -0.399 e. The molecule has 0 saturated heterocycles. The Labute approximate surface area is 127 Å². The van der Waals surface area contributed by atoms with Crippen molar-refractivity contribution < 1.29 is 9.90 Å². The van der Waals surface area contributed by atoms with E-state index >= 15 is 0 Å². The number of aliphatic hydroxyl groups is 1. The molecule has 0 radical (unpaired) electrons. The fourth-order valence-electron chi connectivity index (χ4n) is 2.54. The molecule has 1 aromatic carbocycles. The van der Waals surface area contributed by atoms with Crippen LogP contribution in [-0.2, 0) is 0 Å². The smallest absolute Gasteiger partial charge is 0.255 e. The lowest BCUT2D eigenvalue weighted by molar-refractivity contribution is 0.0828. The number of nitrogens with two attached hydrogens (primary N) is 1. The molecule has 0 heterocycles. The van der Waals surface area contributed by atoms with E-state index in [-0.39, 0.29) is 18.6 Å². The molecule has 1 rings (SSSR count). The Hall–Kier alpha value is -1.75. The standard InChI is InChI=1S/C16H27N3O2/c1-5-13(6-2)19(9-10-20)15-11-12(17)7-8-14(15)16(21)18(3)4/h7-8,11,13,20H,5-6,9-10,17H2,1-4H3. The average Bonchev–Trinajstić information content (AvgIpc) is 2.46. The molecule has 1 amide bonds. The summed E-state index contributed by atoms with van der Waals surface area (Å²) < 4.78 is 0. The number of hydrogen-bond acceptors (Lipinski definition) is 4. The zero-order valence-electron chi connectivity index (χ0n) is 13.5. The second-order valence-corrected chi connectivity index (χ2v) is 5.36. The highest BCUT2D eigenvalue weighted by atomic mass is 16.3. The van der Waals surface area contributed by atoms with E-state index in [9.17, 15) is 9.90 Å². The summed E-state index contributed by atoms with van der Waals surface area (Å²) >= 11 is 0. The van der Waals surface area contributed by atoms with Gasteiger partial charge in [0, 0.05) is 32.4 Å². The molecule has 21 heavy (non-hydrogen) atoms. The van der Waals surface area contributed by atoms with Gasteiger partial charge in [-0.15, -0.1) is 0 Å². The number of hydrogen-bond donors (Lipinski definition) is 2. The molecule has 5 nitrogen and oxygen atoms in total. The Morgan fingerprint density at radius 1 is 1.29 bits per heavy atom. The van der Waals surface area contributed by atoms with Gasteiger partial charge in [-0.25, -0.2) is 0 Å². The van der Waals surface area contributed by atoms with Crippen LogP contribution < -0.4 is 10.6 Å². The van der Waals surface area contributed by atoms with E-state index in [4.69, 9.17) is 5.73 Å². The maximum absolute atomic E-state index is 12.4. The second kappa shape index (κ2) is 7.88. The molecule has 0 unspecified atom stereocenters. The Bertz CT molecular complexity index is 471. The Kier molecular flexibility index (Phi) is 6.49. The van der Waals surface area contributed by atoms with Crippen LogP contribution in [0.3, 0.4) is 0 Å². The van der Waals surface area contributed by atoms with Crippen LogP contribution in [0.25, 0.3) is 0 Å². The Morgan fingerprint density at radius 3 is 2.38 bits per heavy atom. The number of benzene rings is 1. The highest BCUT2D eigenvalue weighted by molar-refractivity contribution is 6.00. The predicted molar refractivity (Wildman–Crippen MR) is 87.7 cm³/mol. The number of carbonyl (C=O) groups excluding carboxylic acids is 1. The maximum atomic E-state index is 12.4. The van der Waals surface area contributed by atoms with Crippen molar-refractivity contribution in [3.63, 3.8) is 0 Å². The van der Waals surface area contributed by atoms with E-state index in [0.29, 0.717) is 17.8 Å². The first kappa shape index (κ1) is 17.3. The van der Waals surface area contributed by atoms with E-state index in [2.05, 4.69) is 18.7 Å². The number of amides is 1. The quantitative estimate of drug-likeness (QED) is 0.754. The van der Waals surface area contributed by atoms with Crippen molar-refractivity contribution in [2.24, 2.45) is 0 Å². The fraction of sp³-hybridized carbons (Fsp3) is 0.562. The van der Waals surface area contributed by atoms with Crippen molar-refractivity contribution in [2.75, 3.05) is 37.9 Å². The topological polar surface area (TPSA) is 69.8 Å². The van der Waals surface area contributed by atoms with E-state index in [1.807, 2.05) is 6.07 Å². The van der Waals surface area contributed by atoms with Gasteiger partial charge in [-0.05, 0) is 31.0 Å². The van der Waals surface area contributed by atoms with Gasteiger partial charge in [0.15, 0.2) is 0 Å². The molecule has 0 fully saturated rings. The molecule has 0 atom stereocenters. The zero-order chi connectivity index (χ0) is 16.0. The van der Waals surface area contributed by atoms with E-state index < -0.39 is 0 Å². The number of nitrogen functional groups attached to an aromatic ring is 1. The summed E-state index contributed by atoms with van der Waals surface area (Å²) in [7, 11) is 3.46. The van der Waals surface area contributed by atoms with Gasteiger partial charge in [0.1, 0.15) is 0 Å². The summed E-state index contributed by atoms with van der Waals surface area (Å²) in [6.45, 7) is 4.75. The molecular formula is C16H27N3O2. The predicted octanol–water partition coefficient (Wildman–Crippen LogP) is 1.96. The Balaban J connectivity index is 3.34. The van der Waals surface area contributed by atoms with E-state index in [1.165, 1.54) is 0 Å². The third kappa shape index (κ3) is 4.11. The van der Waals surface area contributed by atoms with E-state index in [1.54, 1.807) is 31.1 Å².